The van der Waals surface area contributed by atoms with E-state index in [1.165, 1.54) is 0 Å². The highest BCUT2D eigenvalue weighted by molar-refractivity contribution is 5.75. The van der Waals surface area contributed by atoms with Crippen molar-refractivity contribution in [2.75, 3.05) is 26.5 Å². The molecule has 3 rings (SSSR count). The number of ether oxygens (including phenoxy) is 1. The monoisotopic (exact) mass is 409 g/mol. The second-order valence-electron chi connectivity index (χ2n) is 7.59. The van der Waals surface area contributed by atoms with Crippen LogP contribution in [0, 0.1) is 0 Å². The van der Waals surface area contributed by atoms with Gasteiger partial charge in [0, 0.05) is 26.1 Å². The average molecular weight is 410 g/mol. The van der Waals surface area contributed by atoms with E-state index in [9.17, 15) is 9.59 Å². The maximum atomic E-state index is 13.1. The summed E-state index contributed by atoms with van der Waals surface area (Å²) in [5.41, 5.74) is 2.24. The van der Waals surface area contributed by atoms with E-state index >= 15 is 0 Å². The predicted molar refractivity (Wildman–Crippen MR) is 116 cm³/mol. The zero-order valence-electron chi connectivity index (χ0n) is 17.7. The summed E-state index contributed by atoms with van der Waals surface area (Å²) in [6, 6.07) is 20.2. The molecule has 1 aliphatic heterocycles. The predicted octanol–water partition coefficient (Wildman–Crippen LogP) is 4.07. The maximum absolute atomic E-state index is 13.1. The largest absolute Gasteiger partial charge is 0.466 e. The molecule has 0 aliphatic carbocycles. The van der Waals surface area contributed by atoms with E-state index in [1.54, 1.807) is 0 Å². The molecule has 0 radical (unpaired) electrons. The van der Waals surface area contributed by atoms with Crippen LogP contribution in [0.1, 0.15) is 37.3 Å². The topological polar surface area (TPSA) is 53.1 Å². The summed E-state index contributed by atoms with van der Waals surface area (Å²) < 4.78 is 5.00. The van der Waals surface area contributed by atoms with Crippen molar-refractivity contribution >= 4 is 12.0 Å². The van der Waals surface area contributed by atoms with Gasteiger partial charge >= 0.3 is 12.0 Å². The van der Waals surface area contributed by atoms with Crippen LogP contribution < -0.4 is 0 Å². The van der Waals surface area contributed by atoms with Crippen molar-refractivity contribution in [2.24, 2.45) is 0 Å². The number of esters is 1. The second-order valence-corrected chi connectivity index (χ2v) is 7.59. The molecule has 30 heavy (non-hydrogen) atoms. The van der Waals surface area contributed by atoms with E-state index in [0.29, 0.717) is 39.5 Å². The van der Waals surface area contributed by atoms with Crippen LogP contribution >= 0.6 is 0 Å². The Bertz CT molecular complexity index is 744. The van der Waals surface area contributed by atoms with Gasteiger partial charge in [-0.25, -0.2) is 4.79 Å². The Morgan fingerprint density at radius 2 is 1.40 bits per heavy atom. The van der Waals surface area contributed by atoms with Crippen LogP contribution in [0.4, 0.5) is 4.79 Å². The minimum Gasteiger partial charge on any atom is -0.466 e. The molecule has 0 N–H and O–H groups in total. The zero-order chi connectivity index (χ0) is 21.2. The van der Waals surface area contributed by atoms with E-state index < -0.39 is 0 Å². The van der Waals surface area contributed by atoms with Gasteiger partial charge < -0.3 is 14.5 Å². The normalized spacial score (nSPS) is 14.8. The number of benzene rings is 2. The highest BCUT2D eigenvalue weighted by Gasteiger charge is 2.30. The molecule has 2 aromatic rings. The fourth-order valence-electron chi connectivity index (χ4n) is 3.67. The Kier molecular flexibility index (Phi) is 8.27. The molecule has 0 spiro atoms. The number of unbranched alkanes of at least 4 members (excludes halogenated alkanes) is 1. The minimum absolute atomic E-state index is 0.0606. The minimum atomic E-state index is -0.136. The smallest absolute Gasteiger partial charge is 0.322 e. The molecule has 0 atom stereocenters. The van der Waals surface area contributed by atoms with Gasteiger partial charge in [-0.3, -0.25) is 9.69 Å². The van der Waals surface area contributed by atoms with Gasteiger partial charge in [-0.15, -0.1) is 0 Å². The molecule has 1 heterocycles. The fraction of sp³-hybridized carbons (Fsp3) is 0.417. The molecule has 6 nitrogen and oxygen atoms in total. The number of hydrogen-bond acceptors (Lipinski definition) is 4. The molecule has 160 valence electrons. The van der Waals surface area contributed by atoms with Crippen LogP contribution in [0.15, 0.2) is 60.7 Å². The number of hydrogen-bond donors (Lipinski definition) is 0. The van der Waals surface area contributed by atoms with Crippen LogP contribution in [0.5, 0.6) is 0 Å². The Morgan fingerprint density at radius 1 is 0.867 bits per heavy atom. The van der Waals surface area contributed by atoms with Crippen LogP contribution in [-0.2, 0) is 22.6 Å². The van der Waals surface area contributed by atoms with Crippen LogP contribution in [0.25, 0.3) is 0 Å². The number of urea groups is 1. The van der Waals surface area contributed by atoms with E-state index in [4.69, 9.17) is 4.74 Å². The van der Waals surface area contributed by atoms with E-state index in [1.807, 2.05) is 77.4 Å². The molecule has 1 saturated heterocycles. The number of carbonyl (C=O) groups excluding carboxylic acids is 2. The number of nitrogens with zero attached hydrogens (tertiary/aromatic N) is 3. The molecule has 2 aromatic carbocycles. The lowest BCUT2D eigenvalue weighted by molar-refractivity contribution is -0.143. The fourth-order valence-corrected chi connectivity index (χ4v) is 3.67. The summed E-state index contributed by atoms with van der Waals surface area (Å²) in [6.07, 6.45) is 2.13. The van der Waals surface area contributed by atoms with Crippen LogP contribution in [0.2, 0.25) is 0 Å². The Morgan fingerprint density at radius 3 is 1.90 bits per heavy atom. The number of rotatable bonds is 10. The number of amides is 2. The highest BCUT2D eigenvalue weighted by Crippen LogP contribution is 2.18. The molecular formula is C24H31N3O3. The lowest BCUT2D eigenvalue weighted by Gasteiger charge is -2.42. The van der Waals surface area contributed by atoms with Gasteiger partial charge in [0.2, 0.25) is 0 Å². The van der Waals surface area contributed by atoms with Gasteiger partial charge in [-0.1, -0.05) is 60.7 Å². The third kappa shape index (κ3) is 6.59. The lowest BCUT2D eigenvalue weighted by Crippen LogP contribution is -2.57. The van der Waals surface area contributed by atoms with Crippen molar-refractivity contribution in [1.29, 1.82) is 0 Å². The Labute approximate surface area is 179 Å². The van der Waals surface area contributed by atoms with Crippen molar-refractivity contribution in [1.82, 2.24) is 14.7 Å². The summed E-state index contributed by atoms with van der Waals surface area (Å²) in [6.45, 7) is 5.45. The van der Waals surface area contributed by atoms with Gasteiger partial charge in [0.25, 0.3) is 0 Å². The van der Waals surface area contributed by atoms with Crippen molar-refractivity contribution in [3.05, 3.63) is 71.8 Å². The highest BCUT2D eigenvalue weighted by atomic mass is 16.5. The first-order valence-corrected chi connectivity index (χ1v) is 10.7. The molecule has 1 aliphatic rings. The van der Waals surface area contributed by atoms with Crippen LogP contribution in [0.3, 0.4) is 0 Å². The second kappa shape index (κ2) is 11.4. The molecule has 0 saturated carbocycles. The van der Waals surface area contributed by atoms with Gasteiger partial charge in [-0.2, -0.15) is 0 Å². The first-order valence-electron chi connectivity index (χ1n) is 10.7. The van der Waals surface area contributed by atoms with Crippen molar-refractivity contribution in [3.63, 3.8) is 0 Å². The molecule has 0 unspecified atom stereocenters. The molecular weight excluding hydrogens is 378 g/mol. The molecule has 0 bridgehead atoms. The first kappa shape index (κ1) is 21.8. The molecule has 6 heteroatoms. The summed E-state index contributed by atoms with van der Waals surface area (Å²) in [5.74, 6) is -0.136. The summed E-state index contributed by atoms with van der Waals surface area (Å²) in [7, 11) is 0. The van der Waals surface area contributed by atoms with E-state index in [2.05, 4.69) is 4.90 Å². The lowest BCUT2D eigenvalue weighted by atomic mass is 10.2. The van der Waals surface area contributed by atoms with Gasteiger partial charge in [0.05, 0.1) is 19.9 Å². The third-order valence-electron chi connectivity index (χ3n) is 5.13. The van der Waals surface area contributed by atoms with Gasteiger partial charge in [0.1, 0.15) is 0 Å². The van der Waals surface area contributed by atoms with Crippen LogP contribution in [-0.4, -0.2) is 53.2 Å². The zero-order valence-corrected chi connectivity index (χ0v) is 17.7. The first-order chi connectivity index (χ1) is 14.7. The van der Waals surface area contributed by atoms with Crippen molar-refractivity contribution in [3.8, 4) is 0 Å². The molecule has 0 aromatic heterocycles. The number of carbonyl (C=O) groups is 2. The Balaban J connectivity index is 1.61. The SMILES string of the molecule is CCOC(=O)CCCCN1CN(Cc2ccccc2)C(=O)N(Cc2ccccc2)C1. The summed E-state index contributed by atoms with van der Waals surface area (Å²) in [5, 5.41) is 0. The standard InChI is InChI=1S/C24H31N3O3/c1-2-30-23(28)15-9-10-16-25-19-26(17-21-11-5-3-6-12-21)24(29)27(20-25)18-22-13-7-4-8-14-22/h3-8,11-14H,2,9-10,15-20H2,1H3. The Hall–Kier alpha value is -2.86. The molecule has 1 fully saturated rings. The van der Waals surface area contributed by atoms with Crippen molar-refractivity contribution < 1.29 is 14.3 Å². The van der Waals surface area contributed by atoms with Crippen molar-refractivity contribution in [2.45, 2.75) is 39.3 Å². The average Bonchev–Trinajstić information content (AvgIpc) is 2.76. The molecule has 2 amide bonds. The van der Waals surface area contributed by atoms with Gasteiger partial charge in [0.15, 0.2) is 0 Å². The maximum Gasteiger partial charge on any atom is 0.322 e. The van der Waals surface area contributed by atoms with E-state index in [0.717, 1.165) is 30.5 Å². The quantitative estimate of drug-likeness (QED) is 0.438. The van der Waals surface area contributed by atoms with Gasteiger partial charge in [-0.05, 0) is 30.9 Å². The third-order valence-corrected chi connectivity index (χ3v) is 5.13. The van der Waals surface area contributed by atoms with E-state index in [-0.39, 0.29) is 12.0 Å². The summed E-state index contributed by atoms with van der Waals surface area (Å²) >= 11 is 0. The summed E-state index contributed by atoms with van der Waals surface area (Å²) in [4.78, 5) is 30.8.